The molecule has 0 radical (unpaired) electrons. The Morgan fingerprint density at radius 2 is 1.73 bits per heavy atom. The van der Waals surface area contributed by atoms with Crippen LogP contribution in [0.15, 0.2) is 84.3 Å². The molecule has 4 nitrogen and oxygen atoms in total. The first-order valence-electron chi connectivity index (χ1n) is 11.8. The van der Waals surface area contributed by atoms with E-state index in [0.29, 0.717) is 12.5 Å². The molecule has 2 bridgehead atoms. The molecule has 5 heteroatoms. The predicted octanol–water partition coefficient (Wildman–Crippen LogP) is 6.21. The van der Waals surface area contributed by atoms with Gasteiger partial charge in [0.25, 0.3) is 0 Å². The maximum Gasteiger partial charge on any atom is 0.415 e. The molecule has 33 heavy (non-hydrogen) atoms. The number of rotatable bonds is 7. The molecular formula is C28H31N2O2S+. The summed E-state index contributed by atoms with van der Waals surface area (Å²) in [6.07, 6.45) is 6.53. The van der Waals surface area contributed by atoms with Gasteiger partial charge in [-0.15, -0.1) is 11.3 Å². The molecule has 0 saturated carbocycles. The lowest BCUT2D eigenvalue weighted by atomic mass is 9.83. The molecule has 0 unspecified atom stereocenters. The molecule has 0 spiro atoms. The number of carbonyl (C=O) groups is 1. The zero-order chi connectivity index (χ0) is 22.5. The van der Waals surface area contributed by atoms with E-state index in [2.05, 4.69) is 42.5 Å². The molecule has 2 aromatic carbocycles. The van der Waals surface area contributed by atoms with Gasteiger partial charge in [0.1, 0.15) is 6.54 Å². The highest BCUT2D eigenvalue weighted by atomic mass is 32.1. The van der Waals surface area contributed by atoms with Crippen LogP contribution >= 0.6 is 11.3 Å². The number of ether oxygens (including phenoxy) is 1. The third kappa shape index (κ3) is 5.21. The van der Waals surface area contributed by atoms with Gasteiger partial charge in [0, 0.05) is 29.3 Å². The number of thiophene rings is 1. The van der Waals surface area contributed by atoms with Crippen molar-refractivity contribution >= 4 is 29.2 Å². The fraction of sp³-hybridized carbons (Fsp3) is 0.321. The minimum absolute atomic E-state index is 0.0142. The van der Waals surface area contributed by atoms with Crippen molar-refractivity contribution in [3.05, 3.63) is 94.7 Å². The second-order valence-electron chi connectivity index (χ2n) is 9.23. The van der Waals surface area contributed by atoms with Crippen LogP contribution in [0.4, 0.5) is 10.5 Å². The molecule has 3 saturated heterocycles. The second-order valence-corrected chi connectivity index (χ2v) is 10.3. The molecule has 3 aromatic rings. The monoisotopic (exact) mass is 459 g/mol. The maximum atomic E-state index is 13.4. The summed E-state index contributed by atoms with van der Waals surface area (Å²) in [4.78, 5) is 16.3. The third-order valence-electron chi connectivity index (χ3n) is 7.08. The van der Waals surface area contributed by atoms with Crippen molar-refractivity contribution in [2.45, 2.75) is 25.5 Å². The maximum absolute atomic E-state index is 13.4. The number of piperidine rings is 3. The van der Waals surface area contributed by atoms with Gasteiger partial charge in [-0.1, -0.05) is 60.7 Å². The SMILES string of the molecule is O=C(O[C@H]1C[N+]2(CC=Cc3ccccc3)CCC1CC2)N(Cc1cccs1)c1ccccc1. The van der Waals surface area contributed by atoms with Crippen molar-refractivity contribution in [2.75, 3.05) is 31.1 Å². The quantitative estimate of drug-likeness (QED) is 0.393. The van der Waals surface area contributed by atoms with Crippen LogP contribution in [-0.4, -0.2) is 42.9 Å². The fourth-order valence-electron chi connectivity index (χ4n) is 5.21. The van der Waals surface area contributed by atoms with Gasteiger partial charge in [-0.3, -0.25) is 4.90 Å². The van der Waals surface area contributed by atoms with E-state index in [4.69, 9.17) is 4.74 Å². The molecule has 1 atom stereocenters. The van der Waals surface area contributed by atoms with E-state index in [1.54, 1.807) is 16.2 Å². The van der Waals surface area contributed by atoms with E-state index in [-0.39, 0.29) is 12.2 Å². The Balaban J connectivity index is 1.27. The Labute approximate surface area is 200 Å². The topological polar surface area (TPSA) is 29.5 Å². The van der Waals surface area contributed by atoms with Crippen LogP contribution in [0.3, 0.4) is 0 Å². The zero-order valence-electron chi connectivity index (χ0n) is 18.9. The van der Waals surface area contributed by atoms with E-state index in [1.165, 1.54) is 18.7 Å². The molecule has 3 aliphatic rings. The number of amides is 1. The molecule has 0 N–H and O–H groups in total. The van der Waals surface area contributed by atoms with Gasteiger partial charge in [-0.2, -0.15) is 0 Å². The molecule has 3 fully saturated rings. The van der Waals surface area contributed by atoms with Crippen LogP contribution < -0.4 is 4.90 Å². The number of benzene rings is 2. The minimum atomic E-state index is -0.230. The Hall–Kier alpha value is -2.89. The van der Waals surface area contributed by atoms with Crippen molar-refractivity contribution in [3.63, 3.8) is 0 Å². The highest BCUT2D eigenvalue weighted by molar-refractivity contribution is 7.09. The third-order valence-corrected chi connectivity index (χ3v) is 7.94. The Kier molecular flexibility index (Phi) is 6.60. The van der Waals surface area contributed by atoms with E-state index in [1.807, 2.05) is 47.8 Å². The number of para-hydroxylation sites is 1. The highest BCUT2D eigenvalue weighted by Gasteiger charge is 2.47. The lowest BCUT2D eigenvalue weighted by molar-refractivity contribution is -0.941. The number of carbonyl (C=O) groups excluding carboxylic acids is 1. The molecule has 0 aliphatic carbocycles. The predicted molar refractivity (Wildman–Crippen MR) is 135 cm³/mol. The van der Waals surface area contributed by atoms with Gasteiger partial charge in [0.2, 0.25) is 0 Å². The van der Waals surface area contributed by atoms with Crippen LogP contribution in [0.5, 0.6) is 0 Å². The van der Waals surface area contributed by atoms with Crippen molar-refractivity contribution in [1.82, 2.24) is 0 Å². The molecule has 170 valence electrons. The molecule has 1 amide bonds. The van der Waals surface area contributed by atoms with Gasteiger partial charge < -0.3 is 9.22 Å². The van der Waals surface area contributed by atoms with Crippen LogP contribution in [-0.2, 0) is 11.3 Å². The van der Waals surface area contributed by atoms with Gasteiger partial charge in [0.05, 0.1) is 26.2 Å². The van der Waals surface area contributed by atoms with Crippen molar-refractivity contribution < 1.29 is 14.0 Å². The van der Waals surface area contributed by atoms with E-state index < -0.39 is 0 Å². The molecule has 1 aromatic heterocycles. The number of hydrogen-bond donors (Lipinski definition) is 0. The van der Waals surface area contributed by atoms with Crippen LogP contribution in [0.1, 0.15) is 23.3 Å². The fourth-order valence-corrected chi connectivity index (χ4v) is 5.90. The van der Waals surface area contributed by atoms with Crippen LogP contribution in [0.25, 0.3) is 6.08 Å². The average molecular weight is 460 g/mol. The zero-order valence-corrected chi connectivity index (χ0v) is 19.7. The van der Waals surface area contributed by atoms with Gasteiger partial charge >= 0.3 is 6.09 Å². The molecule has 6 rings (SSSR count). The molecule has 4 heterocycles. The number of quaternary nitrogens is 1. The highest BCUT2D eigenvalue weighted by Crippen LogP contribution is 2.36. The van der Waals surface area contributed by atoms with Crippen LogP contribution in [0, 0.1) is 5.92 Å². The summed E-state index contributed by atoms with van der Waals surface area (Å²) in [5.41, 5.74) is 2.12. The van der Waals surface area contributed by atoms with Gasteiger partial charge in [0.15, 0.2) is 6.10 Å². The summed E-state index contributed by atoms with van der Waals surface area (Å²) in [5, 5.41) is 2.05. The largest absolute Gasteiger partial charge is 0.440 e. The number of anilines is 1. The number of nitrogens with zero attached hydrogens (tertiary/aromatic N) is 2. The summed E-state index contributed by atoms with van der Waals surface area (Å²) in [5.74, 6) is 0.478. The van der Waals surface area contributed by atoms with Crippen molar-refractivity contribution in [1.29, 1.82) is 0 Å². The summed E-state index contributed by atoms with van der Waals surface area (Å²) < 4.78 is 7.25. The van der Waals surface area contributed by atoms with Crippen molar-refractivity contribution in [2.24, 2.45) is 5.92 Å². The van der Waals surface area contributed by atoms with Gasteiger partial charge in [-0.25, -0.2) is 4.79 Å². The first kappa shape index (κ1) is 21.9. The van der Waals surface area contributed by atoms with E-state index in [9.17, 15) is 4.79 Å². The number of fused-ring (bicyclic) bond motifs is 3. The summed E-state index contributed by atoms with van der Waals surface area (Å²) >= 11 is 1.67. The van der Waals surface area contributed by atoms with E-state index >= 15 is 0 Å². The summed E-state index contributed by atoms with van der Waals surface area (Å²) in [6.45, 7) is 4.80. The standard InChI is InChI=1S/C28H31N2O2S/c31-28(29(21-26-14-8-20-33-26)25-12-5-2-6-13-25)32-27-22-30(18-15-24(27)16-19-30)17-7-11-23-9-3-1-4-10-23/h1-14,20,24,27H,15-19,21-22H2/q+1/t24?,27-,30?/m0/s1. The normalized spacial score (nSPS) is 24.1. The lowest BCUT2D eigenvalue weighted by Gasteiger charge is -2.51. The van der Waals surface area contributed by atoms with E-state index in [0.717, 1.165) is 41.0 Å². The number of hydrogen-bond acceptors (Lipinski definition) is 3. The first-order valence-corrected chi connectivity index (χ1v) is 12.7. The van der Waals surface area contributed by atoms with Gasteiger partial charge in [-0.05, 0) is 35.2 Å². The van der Waals surface area contributed by atoms with Crippen LogP contribution in [0.2, 0.25) is 0 Å². The first-order chi connectivity index (χ1) is 16.2. The average Bonchev–Trinajstić information content (AvgIpc) is 3.38. The summed E-state index contributed by atoms with van der Waals surface area (Å²) in [7, 11) is 0. The Bertz CT molecular complexity index is 1060. The van der Waals surface area contributed by atoms with Crippen molar-refractivity contribution in [3.8, 4) is 0 Å². The second kappa shape index (κ2) is 9.94. The summed E-state index contributed by atoms with van der Waals surface area (Å²) in [6, 6.07) is 24.4. The smallest absolute Gasteiger partial charge is 0.415 e. The lowest BCUT2D eigenvalue weighted by Crippen LogP contribution is -2.64. The Morgan fingerprint density at radius 3 is 2.42 bits per heavy atom. The molecular weight excluding hydrogens is 428 g/mol. The Morgan fingerprint density at radius 1 is 1.00 bits per heavy atom. The minimum Gasteiger partial charge on any atom is -0.440 e. The molecule has 3 aliphatic heterocycles.